The fraction of sp³-hybridized carbons (Fsp3) is 0.158. The van der Waals surface area contributed by atoms with Crippen molar-refractivity contribution in [2.75, 3.05) is 14.2 Å². The number of hydrogen-bond acceptors (Lipinski definition) is 4. The van der Waals surface area contributed by atoms with Gasteiger partial charge in [0.2, 0.25) is 0 Å². The predicted molar refractivity (Wildman–Crippen MR) is 101 cm³/mol. The zero-order valence-corrected chi connectivity index (χ0v) is 16.0. The fourth-order valence-corrected chi connectivity index (χ4v) is 3.13. The second kappa shape index (κ2) is 7.98. The van der Waals surface area contributed by atoms with Gasteiger partial charge in [0.15, 0.2) is 17.3 Å². The first-order chi connectivity index (χ1) is 12.9. The van der Waals surface area contributed by atoms with E-state index in [-0.39, 0.29) is 11.4 Å². The van der Waals surface area contributed by atoms with Gasteiger partial charge in [-0.1, -0.05) is 29.3 Å². The minimum Gasteiger partial charge on any atom is -0.494 e. The Morgan fingerprint density at radius 3 is 2.56 bits per heavy atom. The van der Waals surface area contributed by atoms with Crippen molar-refractivity contribution in [1.29, 1.82) is 0 Å². The number of carbonyl (C=O) groups is 1. The lowest BCUT2D eigenvalue weighted by Crippen LogP contribution is -2.06. The van der Waals surface area contributed by atoms with Crippen LogP contribution in [0.4, 0.5) is 4.39 Å². The molecule has 0 spiro atoms. The highest BCUT2D eigenvalue weighted by Crippen LogP contribution is 2.27. The predicted octanol–water partition coefficient (Wildman–Crippen LogP) is 4.70. The van der Waals surface area contributed by atoms with E-state index in [0.717, 1.165) is 0 Å². The lowest BCUT2D eigenvalue weighted by molar-refractivity contribution is 0.0593. The van der Waals surface area contributed by atoms with Gasteiger partial charge in [-0.15, -0.1) is 0 Å². The molecule has 0 radical (unpaired) electrons. The monoisotopic (exact) mass is 408 g/mol. The number of ether oxygens (including phenoxy) is 2. The Morgan fingerprint density at radius 1 is 1.15 bits per heavy atom. The van der Waals surface area contributed by atoms with E-state index >= 15 is 0 Å². The molecule has 3 aromatic rings. The molecule has 0 aliphatic rings. The quantitative estimate of drug-likeness (QED) is 0.573. The largest absolute Gasteiger partial charge is 0.494 e. The molecule has 0 saturated heterocycles. The molecule has 0 amide bonds. The van der Waals surface area contributed by atoms with E-state index in [1.54, 1.807) is 36.4 Å². The lowest BCUT2D eigenvalue weighted by atomic mass is 10.1. The van der Waals surface area contributed by atoms with Gasteiger partial charge in [0.25, 0.3) is 0 Å². The molecule has 0 fully saturated rings. The summed E-state index contributed by atoms with van der Waals surface area (Å²) < 4.78 is 25.2. The molecular formula is C19H15Cl2FN2O3. The minimum atomic E-state index is -0.582. The van der Waals surface area contributed by atoms with E-state index < -0.39 is 11.8 Å². The summed E-state index contributed by atoms with van der Waals surface area (Å²) in [7, 11) is 2.67. The molecule has 8 heteroatoms. The number of halogens is 3. The van der Waals surface area contributed by atoms with Gasteiger partial charge >= 0.3 is 5.97 Å². The molecular weight excluding hydrogens is 394 g/mol. The first-order valence-electron chi connectivity index (χ1n) is 7.88. The van der Waals surface area contributed by atoms with Crippen molar-refractivity contribution in [1.82, 2.24) is 9.78 Å². The summed E-state index contributed by atoms with van der Waals surface area (Å²) in [5.74, 6) is -0.900. The first kappa shape index (κ1) is 19.2. The van der Waals surface area contributed by atoms with Crippen molar-refractivity contribution in [3.8, 4) is 11.4 Å². The Hall–Kier alpha value is -2.57. The van der Waals surface area contributed by atoms with Crippen LogP contribution in [0.5, 0.6) is 5.75 Å². The van der Waals surface area contributed by atoms with Crippen LogP contribution in [0.25, 0.3) is 5.69 Å². The molecule has 0 unspecified atom stereocenters. The molecule has 0 N–H and O–H groups in total. The van der Waals surface area contributed by atoms with E-state index in [9.17, 15) is 9.18 Å². The molecule has 0 aliphatic heterocycles. The average molecular weight is 409 g/mol. The Kier molecular flexibility index (Phi) is 5.68. The number of esters is 1. The van der Waals surface area contributed by atoms with Gasteiger partial charge in [-0.2, -0.15) is 5.10 Å². The van der Waals surface area contributed by atoms with Crippen molar-refractivity contribution in [3.05, 3.63) is 75.3 Å². The molecule has 140 valence electrons. The SMILES string of the molecule is COC(=O)c1cc(Cc2ccc(OC)c(F)c2)n(-c2ccc(Cl)cc2Cl)n1. The molecule has 0 saturated carbocycles. The summed E-state index contributed by atoms with van der Waals surface area (Å²) in [5, 5.41) is 5.13. The molecule has 2 aromatic carbocycles. The third-order valence-electron chi connectivity index (χ3n) is 3.92. The first-order valence-corrected chi connectivity index (χ1v) is 8.63. The minimum absolute atomic E-state index is 0.118. The molecule has 3 rings (SSSR count). The van der Waals surface area contributed by atoms with Gasteiger partial charge in [-0.05, 0) is 42.0 Å². The van der Waals surface area contributed by atoms with Gasteiger partial charge in [0.1, 0.15) is 0 Å². The van der Waals surface area contributed by atoms with Crippen LogP contribution in [0.15, 0.2) is 42.5 Å². The molecule has 27 heavy (non-hydrogen) atoms. The van der Waals surface area contributed by atoms with Crippen LogP contribution >= 0.6 is 23.2 Å². The van der Waals surface area contributed by atoms with E-state index in [0.29, 0.717) is 33.4 Å². The molecule has 1 aromatic heterocycles. The molecule has 0 bridgehead atoms. The van der Waals surface area contributed by atoms with Crippen LogP contribution in [-0.4, -0.2) is 30.0 Å². The lowest BCUT2D eigenvalue weighted by Gasteiger charge is -2.10. The topological polar surface area (TPSA) is 53.4 Å². The Labute approximate surface area is 165 Å². The van der Waals surface area contributed by atoms with Gasteiger partial charge in [0, 0.05) is 17.1 Å². The van der Waals surface area contributed by atoms with Gasteiger partial charge in [-0.25, -0.2) is 13.9 Å². The summed E-state index contributed by atoms with van der Waals surface area (Å²) in [6.45, 7) is 0. The molecule has 0 aliphatic carbocycles. The van der Waals surface area contributed by atoms with Crippen molar-refractivity contribution in [2.45, 2.75) is 6.42 Å². The van der Waals surface area contributed by atoms with Crippen LogP contribution in [0.2, 0.25) is 10.0 Å². The van der Waals surface area contributed by atoms with Crippen molar-refractivity contribution in [3.63, 3.8) is 0 Å². The Balaban J connectivity index is 2.06. The van der Waals surface area contributed by atoms with Gasteiger partial charge < -0.3 is 9.47 Å². The van der Waals surface area contributed by atoms with E-state index in [2.05, 4.69) is 5.10 Å². The highest BCUT2D eigenvalue weighted by Gasteiger charge is 2.18. The smallest absolute Gasteiger partial charge is 0.358 e. The Bertz CT molecular complexity index is 1000. The van der Waals surface area contributed by atoms with E-state index in [1.807, 2.05) is 0 Å². The van der Waals surface area contributed by atoms with Crippen LogP contribution < -0.4 is 4.74 Å². The maximum atomic E-state index is 14.0. The fourth-order valence-electron chi connectivity index (χ4n) is 2.64. The number of carbonyl (C=O) groups excluding carboxylic acids is 1. The number of aromatic nitrogens is 2. The van der Waals surface area contributed by atoms with Crippen LogP contribution in [0.3, 0.4) is 0 Å². The zero-order valence-electron chi connectivity index (χ0n) is 14.5. The highest BCUT2D eigenvalue weighted by atomic mass is 35.5. The summed E-state index contributed by atoms with van der Waals surface area (Å²) in [4.78, 5) is 11.9. The summed E-state index contributed by atoms with van der Waals surface area (Å²) >= 11 is 12.2. The summed E-state index contributed by atoms with van der Waals surface area (Å²) in [6, 6.07) is 11.2. The third-order valence-corrected chi connectivity index (χ3v) is 4.45. The van der Waals surface area contributed by atoms with Crippen LogP contribution in [-0.2, 0) is 11.2 Å². The highest BCUT2D eigenvalue weighted by molar-refractivity contribution is 6.35. The van der Waals surface area contributed by atoms with Crippen molar-refractivity contribution >= 4 is 29.2 Å². The Morgan fingerprint density at radius 2 is 1.93 bits per heavy atom. The van der Waals surface area contributed by atoms with Gasteiger partial charge in [-0.3, -0.25) is 0 Å². The normalized spacial score (nSPS) is 10.7. The van der Waals surface area contributed by atoms with Crippen molar-refractivity contribution < 1.29 is 18.7 Å². The molecule has 5 nitrogen and oxygen atoms in total. The number of hydrogen-bond donors (Lipinski definition) is 0. The van der Waals surface area contributed by atoms with E-state index in [4.69, 9.17) is 32.7 Å². The second-order valence-electron chi connectivity index (χ2n) is 5.67. The number of methoxy groups -OCH3 is 2. The standard InChI is InChI=1S/C19H15Cl2FN2O3/c1-26-18-6-3-11(8-15(18)22)7-13-10-16(19(25)27-2)23-24(13)17-5-4-12(20)9-14(17)21/h3-6,8-10H,7H2,1-2H3. The number of rotatable bonds is 5. The number of nitrogens with zero attached hydrogens (tertiary/aromatic N) is 2. The van der Waals surface area contributed by atoms with Crippen LogP contribution in [0.1, 0.15) is 21.7 Å². The molecule has 1 heterocycles. The van der Waals surface area contributed by atoms with Crippen molar-refractivity contribution in [2.24, 2.45) is 0 Å². The van der Waals surface area contributed by atoms with Crippen LogP contribution in [0, 0.1) is 5.82 Å². The summed E-state index contributed by atoms with van der Waals surface area (Å²) in [6.07, 6.45) is 0.309. The second-order valence-corrected chi connectivity index (χ2v) is 6.51. The maximum Gasteiger partial charge on any atom is 0.358 e. The number of benzene rings is 2. The maximum absolute atomic E-state index is 14.0. The zero-order chi connectivity index (χ0) is 19.6. The van der Waals surface area contributed by atoms with E-state index in [1.165, 1.54) is 25.0 Å². The molecule has 0 atom stereocenters. The average Bonchev–Trinajstić information content (AvgIpc) is 3.04. The summed E-state index contributed by atoms with van der Waals surface area (Å²) in [5.41, 5.74) is 1.97. The third kappa shape index (κ3) is 4.07. The van der Waals surface area contributed by atoms with Gasteiger partial charge in [0.05, 0.1) is 24.9 Å².